The van der Waals surface area contributed by atoms with E-state index in [1.807, 2.05) is 0 Å². The van der Waals surface area contributed by atoms with Crippen molar-refractivity contribution in [3.8, 4) is 0 Å². The smallest absolute Gasteiger partial charge is 0.475 e. The van der Waals surface area contributed by atoms with E-state index in [0.29, 0.717) is 0 Å². The number of halogens is 3. The van der Waals surface area contributed by atoms with E-state index >= 15 is 0 Å². The summed E-state index contributed by atoms with van der Waals surface area (Å²) in [4.78, 5) is 18.9. The summed E-state index contributed by atoms with van der Waals surface area (Å²) in [7, 11) is 0. The molecule has 9 heteroatoms. The van der Waals surface area contributed by atoms with Crippen LogP contribution in [0.2, 0.25) is 0 Å². The molecule has 2 heterocycles. The van der Waals surface area contributed by atoms with Crippen molar-refractivity contribution in [1.29, 1.82) is 0 Å². The molecule has 0 saturated carbocycles. The van der Waals surface area contributed by atoms with E-state index in [2.05, 4.69) is 47.2 Å². The van der Waals surface area contributed by atoms with E-state index in [1.165, 1.54) is 37.1 Å². The molecule has 0 aliphatic carbocycles. The van der Waals surface area contributed by atoms with Crippen LogP contribution in [0, 0.1) is 0 Å². The predicted octanol–water partition coefficient (Wildman–Crippen LogP) is 3.52. The molecule has 1 aliphatic heterocycles. The number of hydrogen-bond acceptors (Lipinski definition) is 5. The standard InChI is InChI=1S/C19H34N4.C2HF3O2/c1-3-12-22-14-6-10-20-11-7-15-23(13-4-2)17-19-9-5-8-18(16-22)21-19;3-2(4,5)1(6)7/h5,8-9,20H,3-4,6-7,10-17H2,1-2H3;(H,6,7). The maximum absolute atomic E-state index is 10.6. The Labute approximate surface area is 177 Å². The summed E-state index contributed by atoms with van der Waals surface area (Å²) < 4.78 is 31.7. The molecule has 30 heavy (non-hydrogen) atoms. The zero-order chi connectivity index (χ0) is 22.4. The molecule has 0 unspecified atom stereocenters. The molecule has 2 bridgehead atoms. The second-order valence-electron chi connectivity index (χ2n) is 7.43. The van der Waals surface area contributed by atoms with Crippen molar-refractivity contribution >= 4 is 5.97 Å². The Morgan fingerprint density at radius 2 is 1.47 bits per heavy atom. The molecule has 1 aliphatic rings. The fourth-order valence-corrected chi connectivity index (χ4v) is 3.32. The van der Waals surface area contributed by atoms with Gasteiger partial charge >= 0.3 is 12.1 Å². The molecule has 0 amide bonds. The predicted molar refractivity (Wildman–Crippen MR) is 111 cm³/mol. The third-order valence-corrected chi connectivity index (χ3v) is 4.61. The number of aliphatic carboxylic acids is 1. The van der Waals surface area contributed by atoms with Crippen molar-refractivity contribution in [2.45, 2.75) is 58.8 Å². The van der Waals surface area contributed by atoms with Crippen LogP contribution in [0.15, 0.2) is 18.2 Å². The van der Waals surface area contributed by atoms with Gasteiger partial charge in [-0.05, 0) is 77.1 Å². The topological polar surface area (TPSA) is 68.7 Å². The summed E-state index contributed by atoms with van der Waals surface area (Å²) in [5, 5.41) is 10.7. The van der Waals surface area contributed by atoms with Crippen LogP contribution >= 0.6 is 0 Å². The maximum atomic E-state index is 10.6. The van der Waals surface area contributed by atoms with Crippen LogP contribution < -0.4 is 5.32 Å². The number of hydrogen-bond donors (Lipinski definition) is 2. The lowest BCUT2D eigenvalue weighted by atomic mass is 10.2. The van der Waals surface area contributed by atoms with Crippen molar-refractivity contribution in [2.24, 2.45) is 0 Å². The van der Waals surface area contributed by atoms with Gasteiger partial charge in [-0.1, -0.05) is 19.9 Å². The highest BCUT2D eigenvalue weighted by molar-refractivity contribution is 5.73. The largest absolute Gasteiger partial charge is 0.490 e. The lowest BCUT2D eigenvalue weighted by molar-refractivity contribution is -0.192. The Kier molecular flexibility index (Phi) is 12.6. The summed E-state index contributed by atoms with van der Waals surface area (Å²) >= 11 is 0. The fourth-order valence-electron chi connectivity index (χ4n) is 3.32. The molecule has 2 N–H and O–H groups in total. The molecule has 172 valence electrons. The molecule has 0 fully saturated rings. The second kappa shape index (κ2) is 14.3. The van der Waals surface area contributed by atoms with Gasteiger partial charge in [-0.3, -0.25) is 14.8 Å². The molecular formula is C21H35F3N4O2. The van der Waals surface area contributed by atoms with E-state index in [1.54, 1.807) is 0 Å². The monoisotopic (exact) mass is 432 g/mol. The van der Waals surface area contributed by atoms with Crippen LogP contribution in [-0.4, -0.2) is 71.3 Å². The molecule has 6 nitrogen and oxygen atoms in total. The van der Waals surface area contributed by atoms with Gasteiger partial charge in [0.2, 0.25) is 0 Å². The number of nitrogens with one attached hydrogen (secondary N) is 1. The van der Waals surface area contributed by atoms with E-state index in [-0.39, 0.29) is 0 Å². The average molecular weight is 433 g/mol. The number of nitrogens with zero attached hydrogens (tertiary/aromatic N) is 3. The average Bonchev–Trinajstić information content (AvgIpc) is 2.67. The maximum Gasteiger partial charge on any atom is 0.490 e. The highest BCUT2D eigenvalue weighted by atomic mass is 19.4. The highest BCUT2D eigenvalue weighted by Crippen LogP contribution is 2.13. The van der Waals surface area contributed by atoms with Gasteiger partial charge < -0.3 is 10.4 Å². The minimum absolute atomic E-state index is 0.982. The fraction of sp³-hybridized carbons (Fsp3) is 0.714. The van der Waals surface area contributed by atoms with Crippen molar-refractivity contribution in [3.05, 3.63) is 29.6 Å². The Morgan fingerprint density at radius 1 is 1.03 bits per heavy atom. The zero-order valence-corrected chi connectivity index (χ0v) is 18.0. The molecule has 0 spiro atoms. The number of carboxylic acids is 1. The Balaban J connectivity index is 0.000000553. The Bertz CT molecular complexity index is 579. The Hall–Kier alpha value is -1.71. The lowest BCUT2D eigenvalue weighted by Gasteiger charge is -2.24. The van der Waals surface area contributed by atoms with Crippen LogP contribution in [-0.2, 0) is 17.9 Å². The van der Waals surface area contributed by atoms with E-state index in [4.69, 9.17) is 14.9 Å². The molecule has 2 rings (SSSR count). The Morgan fingerprint density at radius 3 is 1.83 bits per heavy atom. The van der Waals surface area contributed by atoms with Crippen LogP contribution in [0.25, 0.3) is 0 Å². The second-order valence-corrected chi connectivity index (χ2v) is 7.43. The first-order chi connectivity index (χ1) is 14.3. The number of aromatic nitrogens is 1. The summed E-state index contributed by atoms with van der Waals surface area (Å²) in [5.41, 5.74) is 2.44. The molecule has 1 aromatic heterocycles. The summed E-state index contributed by atoms with van der Waals surface area (Å²) in [6.45, 7) is 13.4. The number of carboxylic acid groups (broad SMARTS) is 1. The van der Waals surface area contributed by atoms with E-state index < -0.39 is 12.1 Å². The first kappa shape index (κ1) is 26.3. The molecule has 1 aromatic rings. The van der Waals surface area contributed by atoms with Gasteiger partial charge in [-0.2, -0.15) is 13.2 Å². The third-order valence-electron chi connectivity index (χ3n) is 4.61. The van der Waals surface area contributed by atoms with Gasteiger partial charge in [0.15, 0.2) is 0 Å². The normalized spacial score (nSPS) is 17.5. The molecule has 0 radical (unpaired) electrons. The number of carbonyl (C=O) groups is 1. The van der Waals surface area contributed by atoms with Crippen LogP contribution in [0.1, 0.15) is 50.9 Å². The molecule has 0 atom stereocenters. The minimum Gasteiger partial charge on any atom is -0.475 e. The first-order valence-electron chi connectivity index (χ1n) is 10.7. The zero-order valence-electron chi connectivity index (χ0n) is 18.0. The van der Waals surface area contributed by atoms with Gasteiger partial charge in [-0.15, -0.1) is 0 Å². The number of fused-ring (bicyclic) bond motifs is 2. The number of alkyl halides is 3. The van der Waals surface area contributed by atoms with Crippen LogP contribution in [0.3, 0.4) is 0 Å². The first-order valence-corrected chi connectivity index (χ1v) is 10.7. The van der Waals surface area contributed by atoms with Crippen molar-refractivity contribution < 1.29 is 23.1 Å². The molecule has 0 saturated heterocycles. The van der Waals surface area contributed by atoms with E-state index in [0.717, 1.165) is 52.4 Å². The van der Waals surface area contributed by atoms with Crippen molar-refractivity contribution in [2.75, 3.05) is 39.3 Å². The van der Waals surface area contributed by atoms with Crippen LogP contribution in [0.4, 0.5) is 13.2 Å². The highest BCUT2D eigenvalue weighted by Gasteiger charge is 2.38. The third kappa shape index (κ3) is 11.5. The van der Waals surface area contributed by atoms with Crippen molar-refractivity contribution in [3.63, 3.8) is 0 Å². The molecular weight excluding hydrogens is 397 g/mol. The van der Waals surface area contributed by atoms with E-state index in [9.17, 15) is 13.2 Å². The molecule has 0 aromatic carbocycles. The van der Waals surface area contributed by atoms with Gasteiger partial charge in [0.1, 0.15) is 0 Å². The SMILES string of the molecule is CCCN1CCCNCCCN(CCC)Cc2cccc(n2)C1.O=C(O)C(F)(F)F. The van der Waals surface area contributed by atoms with Gasteiger partial charge in [-0.25, -0.2) is 4.79 Å². The number of pyridine rings is 1. The summed E-state index contributed by atoms with van der Waals surface area (Å²) in [6, 6.07) is 6.54. The summed E-state index contributed by atoms with van der Waals surface area (Å²) in [5.74, 6) is -2.76. The quantitative estimate of drug-likeness (QED) is 0.759. The number of rotatable bonds is 4. The van der Waals surface area contributed by atoms with Gasteiger partial charge in [0, 0.05) is 13.1 Å². The summed E-state index contributed by atoms with van der Waals surface area (Å²) in [6.07, 6.45) is -0.231. The van der Waals surface area contributed by atoms with Gasteiger partial charge in [0.05, 0.1) is 11.4 Å². The lowest BCUT2D eigenvalue weighted by Crippen LogP contribution is -2.31. The van der Waals surface area contributed by atoms with Crippen LogP contribution in [0.5, 0.6) is 0 Å². The minimum atomic E-state index is -5.08. The van der Waals surface area contributed by atoms with Gasteiger partial charge in [0.25, 0.3) is 0 Å². The van der Waals surface area contributed by atoms with Crippen molar-refractivity contribution in [1.82, 2.24) is 20.1 Å².